The van der Waals surface area contributed by atoms with Crippen LogP contribution in [0.3, 0.4) is 0 Å². The van der Waals surface area contributed by atoms with E-state index in [9.17, 15) is 14.4 Å². The van der Waals surface area contributed by atoms with Gasteiger partial charge in [0.25, 0.3) is 5.91 Å². The lowest BCUT2D eigenvalue weighted by molar-refractivity contribution is -0.121. The molecular weight excluding hydrogens is 355 g/mol. The highest BCUT2D eigenvalue weighted by Gasteiger charge is 2.38. The molecule has 0 bridgehead atoms. The number of hydrogen-bond acceptors (Lipinski definition) is 4. The van der Waals surface area contributed by atoms with Gasteiger partial charge in [-0.25, -0.2) is 9.69 Å². The van der Waals surface area contributed by atoms with Gasteiger partial charge in [0.15, 0.2) is 0 Å². The number of carbonyl (C=O) groups excluding carboxylic acids is 3. The van der Waals surface area contributed by atoms with Gasteiger partial charge in [0, 0.05) is 18.0 Å². The molecule has 0 radical (unpaired) electrons. The largest absolute Gasteiger partial charge is 0.356 e. The van der Waals surface area contributed by atoms with E-state index < -0.39 is 12.1 Å². The van der Waals surface area contributed by atoms with E-state index in [2.05, 4.69) is 10.6 Å². The molecule has 9 heteroatoms. The molecule has 1 fully saturated rings. The Hall–Kier alpha value is -1.83. The van der Waals surface area contributed by atoms with Crippen LogP contribution in [0.25, 0.3) is 0 Å². The first kappa shape index (κ1) is 20.2. The molecule has 7 nitrogen and oxygen atoms in total. The molecule has 1 aliphatic rings. The summed E-state index contributed by atoms with van der Waals surface area (Å²) in [5.74, 6) is -0.530. The van der Waals surface area contributed by atoms with Gasteiger partial charge < -0.3 is 16.4 Å². The fourth-order valence-electron chi connectivity index (χ4n) is 2.26. The molecule has 1 aliphatic heterocycles. The molecule has 1 aromatic carbocycles. The Morgan fingerprint density at radius 3 is 2.58 bits per heavy atom. The van der Waals surface area contributed by atoms with Gasteiger partial charge in [0.2, 0.25) is 5.91 Å². The molecule has 1 saturated heterocycles. The zero-order valence-electron chi connectivity index (χ0n) is 13.0. The van der Waals surface area contributed by atoms with Gasteiger partial charge in [0.05, 0.1) is 5.69 Å². The molecule has 1 atom stereocenters. The van der Waals surface area contributed by atoms with E-state index in [0.717, 1.165) is 4.90 Å². The molecule has 132 valence electrons. The fourth-order valence-corrected chi connectivity index (χ4v) is 2.38. The molecule has 0 aliphatic carbocycles. The van der Waals surface area contributed by atoms with Crippen LogP contribution in [0.5, 0.6) is 0 Å². The van der Waals surface area contributed by atoms with Gasteiger partial charge in [0.1, 0.15) is 6.04 Å². The number of amides is 4. The van der Waals surface area contributed by atoms with Gasteiger partial charge in [-0.15, -0.1) is 12.4 Å². The zero-order chi connectivity index (χ0) is 16.8. The molecule has 4 N–H and O–H groups in total. The standard InChI is InChI=1S/C15H19ClN4O3.ClH/c16-10-2-4-11(5-3-10)20-14(22)12(19-15(20)23)6-7-13(21)18-9-1-8-17;/h2-5,12H,1,6-9,17H2,(H,18,21)(H,19,23);1H. The molecule has 4 amide bonds. The minimum absolute atomic E-state index is 0. The Labute approximate surface area is 151 Å². The predicted molar refractivity (Wildman–Crippen MR) is 94.4 cm³/mol. The fraction of sp³-hybridized carbons (Fsp3) is 0.400. The second-order valence-electron chi connectivity index (χ2n) is 5.18. The summed E-state index contributed by atoms with van der Waals surface area (Å²) in [5.41, 5.74) is 5.80. The van der Waals surface area contributed by atoms with Crippen LogP contribution < -0.4 is 21.3 Å². The maximum Gasteiger partial charge on any atom is 0.329 e. The number of nitrogens with two attached hydrogens (primary N) is 1. The van der Waals surface area contributed by atoms with Crippen molar-refractivity contribution >= 4 is 47.5 Å². The second-order valence-corrected chi connectivity index (χ2v) is 5.62. The number of benzene rings is 1. The average molecular weight is 375 g/mol. The van der Waals surface area contributed by atoms with Crippen LogP contribution in [0.2, 0.25) is 5.02 Å². The minimum Gasteiger partial charge on any atom is -0.356 e. The lowest BCUT2D eigenvalue weighted by Gasteiger charge is -2.13. The van der Waals surface area contributed by atoms with Crippen molar-refractivity contribution in [1.82, 2.24) is 10.6 Å². The third kappa shape index (κ3) is 5.09. The molecule has 0 spiro atoms. The second kappa shape index (κ2) is 9.46. The molecule has 1 unspecified atom stereocenters. The van der Waals surface area contributed by atoms with Crippen LogP contribution >= 0.6 is 24.0 Å². The van der Waals surface area contributed by atoms with Gasteiger partial charge in [-0.1, -0.05) is 11.6 Å². The number of nitrogens with zero attached hydrogens (tertiary/aromatic N) is 1. The van der Waals surface area contributed by atoms with Crippen molar-refractivity contribution in [3.05, 3.63) is 29.3 Å². The Bertz CT molecular complexity index is 595. The van der Waals surface area contributed by atoms with Gasteiger partial charge in [-0.3, -0.25) is 9.59 Å². The minimum atomic E-state index is -0.696. The number of nitrogens with one attached hydrogen (secondary N) is 2. The van der Waals surface area contributed by atoms with Crippen molar-refractivity contribution < 1.29 is 14.4 Å². The van der Waals surface area contributed by atoms with Crippen LogP contribution in [0.15, 0.2) is 24.3 Å². The van der Waals surface area contributed by atoms with Crippen molar-refractivity contribution in [1.29, 1.82) is 0 Å². The van der Waals surface area contributed by atoms with E-state index in [0.29, 0.717) is 30.2 Å². The highest BCUT2D eigenvalue weighted by Crippen LogP contribution is 2.22. The van der Waals surface area contributed by atoms with Crippen molar-refractivity contribution in [3.8, 4) is 0 Å². The van der Waals surface area contributed by atoms with E-state index in [1.807, 2.05) is 0 Å². The molecule has 0 saturated carbocycles. The monoisotopic (exact) mass is 374 g/mol. The molecule has 0 aromatic heterocycles. The summed E-state index contributed by atoms with van der Waals surface area (Å²) < 4.78 is 0. The van der Waals surface area contributed by atoms with Gasteiger partial charge in [-0.05, 0) is 43.7 Å². The Morgan fingerprint density at radius 1 is 1.29 bits per heavy atom. The van der Waals surface area contributed by atoms with Crippen molar-refractivity contribution in [2.45, 2.75) is 25.3 Å². The number of rotatable bonds is 7. The normalized spacial score (nSPS) is 16.6. The summed E-state index contributed by atoms with van der Waals surface area (Å²) >= 11 is 5.80. The third-order valence-electron chi connectivity index (χ3n) is 3.47. The van der Waals surface area contributed by atoms with E-state index >= 15 is 0 Å². The summed E-state index contributed by atoms with van der Waals surface area (Å²) in [6, 6.07) is 5.22. The number of hydrogen-bond donors (Lipinski definition) is 3. The number of halogens is 2. The summed E-state index contributed by atoms with van der Waals surface area (Å²) in [5, 5.41) is 5.83. The van der Waals surface area contributed by atoms with Crippen molar-refractivity contribution in [2.75, 3.05) is 18.0 Å². The average Bonchev–Trinajstić information content (AvgIpc) is 2.81. The maximum absolute atomic E-state index is 12.3. The van der Waals surface area contributed by atoms with Crippen molar-refractivity contribution in [2.24, 2.45) is 5.73 Å². The number of urea groups is 1. The van der Waals surface area contributed by atoms with Crippen LogP contribution in [-0.2, 0) is 9.59 Å². The summed E-state index contributed by atoms with van der Waals surface area (Å²) in [6.07, 6.45) is 1.12. The topological polar surface area (TPSA) is 105 Å². The van der Waals surface area contributed by atoms with Crippen LogP contribution in [0.1, 0.15) is 19.3 Å². The highest BCUT2D eigenvalue weighted by molar-refractivity contribution is 6.30. The lowest BCUT2D eigenvalue weighted by atomic mass is 10.1. The number of anilines is 1. The SMILES string of the molecule is Cl.NCCCNC(=O)CCC1NC(=O)N(c2ccc(Cl)cc2)C1=O. The molecule has 1 aromatic rings. The molecule has 24 heavy (non-hydrogen) atoms. The lowest BCUT2D eigenvalue weighted by Crippen LogP contribution is -2.33. The quantitative estimate of drug-likeness (QED) is 0.495. The highest BCUT2D eigenvalue weighted by atomic mass is 35.5. The van der Waals surface area contributed by atoms with E-state index in [4.69, 9.17) is 17.3 Å². The van der Waals surface area contributed by atoms with Crippen LogP contribution in [0.4, 0.5) is 10.5 Å². The number of imide groups is 1. The smallest absolute Gasteiger partial charge is 0.329 e. The first-order valence-electron chi connectivity index (χ1n) is 7.39. The number of carbonyl (C=O) groups is 3. The van der Waals surface area contributed by atoms with Gasteiger partial charge in [-0.2, -0.15) is 0 Å². The Morgan fingerprint density at radius 2 is 1.96 bits per heavy atom. The van der Waals surface area contributed by atoms with Crippen LogP contribution in [-0.4, -0.2) is 37.0 Å². The Kier molecular flexibility index (Phi) is 7.97. The van der Waals surface area contributed by atoms with Crippen LogP contribution in [0, 0.1) is 0 Å². The molecular formula is C15H20Cl2N4O3. The van der Waals surface area contributed by atoms with E-state index in [1.54, 1.807) is 24.3 Å². The zero-order valence-corrected chi connectivity index (χ0v) is 14.5. The van der Waals surface area contributed by atoms with E-state index in [1.165, 1.54) is 0 Å². The summed E-state index contributed by atoms with van der Waals surface area (Å²) in [4.78, 5) is 37.0. The molecule has 1 heterocycles. The molecule has 2 rings (SSSR count). The summed E-state index contributed by atoms with van der Waals surface area (Å²) in [6.45, 7) is 1.02. The summed E-state index contributed by atoms with van der Waals surface area (Å²) in [7, 11) is 0. The third-order valence-corrected chi connectivity index (χ3v) is 3.72. The van der Waals surface area contributed by atoms with E-state index in [-0.39, 0.29) is 37.1 Å². The van der Waals surface area contributed by atoms with Crippen molar-refractivity contribution in [3.63, 3.8) is 0 Å². The Balaban J connectivity index is 0.00000288. The predicted octanol–water partition coefficient (Wildman–Crippen LogP) is 1.43. The first-order valence-corrected chi connectivity index (χ1v) is 7.77. The van der Waals surface area contributed by atoms with Gasteiger partial charge >= 0.3 is 6.03 Å². The maximum atomic E-state index is 12.3. The first-order chi connectivity index (χ1) is 11.0.